The second-order valence-corrected chi connectivity index (χ2v) is 7.19. The minimum Gasteiger partial charge on any atom is -0.450 e. The molecule has 10 nitrogen and oxygen atoms in total. The Morgan fingerprint density at radius 3 is 2.30 bits per heavy atom. The Morgan fingerprint density at radius 2 is 1.67 bits per heavy atom. The van der Waals surface area contributed by atoms with Crippen LogP contribution >= 0.6 is 0 Å². The van der Waals surface area contributed by atoms with Crippen LogP contribution < -0.4 is 5.32 Å². The van der Waals surface area contributed by atoms with Crippen LogP contribution in [0, 0.1) is 10.1 Å². The van der Waals surface area contributed by atoms with Crippen molar-refractivity contribution in [3.63, 3.8) is 0 Å². The molecule has 2 aromatic carbocycles. The van der Waals surface area contributed by atoms with Gasteiger partial charge < -0.3 is 19.9 Å². The second-order valence-electron chi connectivity index (χ2n) is 7.19. The van der Waals surface area contributed by atoms with Gasteiger partial charge in [-0.3, -0.25) is 19.7 Å². The lowest BCUT2D eigenvalue weighted by Gasteiger charge is -2.34. The van der Waals surface area contributed by atoms with Crippen LogP contribution in [0.4, 0.5) is 16.2 Å². The summed E-state index contributed by atoms with van der Waals surface area (Å²) in [5.41, 5.74) is 1.31. The van der Waals surface area contributed by atoms with Crippen molar-refractivity contribution in [3.8, 4) is 0 Å². The molecular formula is C23H24N4O6. The second kappa shape index (κ2) is 10.9. The minimum absolute atomic E-state index is 0.0351. The van der Waals surface area contributed by atoms with Crippen molar-refractivity contribution in [1.29, 1.82) is 0 Å². The molecule has 0 aliphatic carbocycles. The minimum atomic E-state index is -0.495. The summed E-state index contributed by atoms with van der Waals surface area (Å²) in [4.78, 5) is 50.7. The standard InChI is InChI=1S/C23H24N4O6/c1-2-33-23(30)26-15-13-25(14-16-26)22(29)19-5-3-4-6-20(19)24-21(28)12-9-17-7-10-18(11-8-17)27(31)32/h3-12H,2,13-16H2,1H3,(H,24,28)/b12-9+. The molecule has 10 heteroatoms. The molecule has 33 heavy (non-hydrogen) atoms. The molecule has 0 unspecified atom stereocenters. The third-order valence-corrected chi connectivity index (χ3v) is 5.04. The number of non-ortho nitro benzene ring substituents is 1. The van der Waals surface area contributed by atoms with E-state index in [2.05, 4.69) is 5.32 Å². The van der Waals surface area contributed by atoms with E-state index in [1.165, 1.54) is 36.4 Å². The highest BCUT2D eigenvalue weighted by Crippen LogP contribution is 2.19. The van der Waals surface area contributed by atoms with E-state index < -0.39 is 16.9 Å². The summed E-state index contributed by atoms with van der Waals surface area (Å²) in [6, 6.07) is 12.5. The van der Waals surface area contributed by atoms with Gasteiger partial charge in [0.15, 0.2) is 0 Å². The van der Waals surface area contributed by atoms with Gasteiger partial charge in [0.2, 0.25) is 5.91 Å². The first-order valence-electron chi connectivity index (χ1n) is 10.4. The van der Waals surface area contributed by atoms with Crippen LogP contribution in [-0.2, 0) is 9.53 Å². The largest absolute Gasteiger partial charge is 0.450 e. The number of nitrogens with one attached hydrogen (secondary N) is 1. The molecular weight excluding hydrogens is 428 g/mol. The maximum Gasteiger partial charge on any atom is 0.409 e. The molecule has 0 aromatic heterocycles. The number of rotatable bonds is 6. The molecule has 1 fully saturated rings. The van der Waals surface area contributed by atoms with E-state index in [0.29, 0.717) is 49.6 Å². The van der Waals surface area contributed by atoms with Crippen LogP contribution in [0.25, 0.3) is 6.08 Å². The number of nitro benzene ring substituents is 1. The Kier molecular flexibility index (Phi) is 7.74. The van der Waals surface area contributed by atoms with E-state index in [1.54, 1.807) is 41.0 Å². The Balaban J connectivity index is 1.63. The molecule has 3 amide bonds. The van der Waals surface area contributed by atoms with E-state index in [9.17, 15) is 24.5 Å². The molecule has 1 saturated heterocycles. The zero-order chi connectivity index (χ0) is 23.8. The monoisotopic (exact) mass is 452 g/mol. The Bertz CT molecular complexity index is 1060. The Labute approximate surface area is 190 Å². The molecule has 172 valence electrons. The van der Waals surface area contributed by atoms with E-state index >= 15 is 0 Å². The summed E-state index contributed by atoms with van der Waals surface area (Å²) >= 11 is 0. The number of para-hydroxylation sites is 1. The third kappa shape index (κ3) is 6.16. The summed E-state index contributed by atoms with van der Waals surface area (Å²) in [5, 5.41) is 13.4. The van der Waals surface area contributed by atoms with Gasteiger partial charge in [0.05, 0.1) is 22.8 Å². The number of anilines is 1. The van der Waals surface area contributed by atoms with Crippen molar-refractivity contribution in [3.05, 3.63) is 75.8 Å². The van der Waals surface area contributed by atoms with Crippen molar-refractivity contribution in [2.75, 3.05) is 38.1 Å². The number of ether oxygens (including phenoxy) is 1. The van der Waals surface area contributed by atoms with Gasteiger partial charge in [-0.15, -0.1) is 0 Å². The predicted molar refractivity (Wildman–Crippen MR) is 122 cm³/mol. The van der Waals surface area contributed by atoms with E-state index in [4.69, 9.17) is 4.74 Å². The van der Waals surface area contributed by atoms with Gasteiger partial charge in [-0.1, -0.05) is 12.1 Å². The fourth-order valence-corrected chi connectivity index (χ4v) is 3.31. The number of hydrogen-bond acceptors (Lipinski definition) is 6. The number of amides is 3. The van der Waals surface area contributed by atoms with Crippen LogP contribution in [-0.4, -0.2) is 65.4 Å². The lowest BCUT2D eigenvalue weighted by atomic mass is 10.1. The number of piperazine rings is 1. The first kappa shape index (κ1) is 23.5. The van der Waals surface area contributed by atoms with Gasteiger partial charge in [0.1, 0.15) is 0 Å². The lowest BCUT2D eigenvalue weighted by molar-refractivity contribution is -0.384. The molecule has 1 aliphatic rings. The van der Waals surface area contributed by atoms with Gasteiger partial charge >= 0.3 is 6.09 Å². The average Bonchev–Trinajstić information content (AvgIpc) is 2.83. The van der Waals surface area contributed by atoms with Crippen LogP contribution in [0.1, 0.15) is 22.8 Å². The fourth-order valence-electron chi connectivity index (χ4n) is 3.31. The number of carbonyl (C=O) groups excluding carboxylic acids is 3. The number of carbonyl (C=O) groups is 3. The predicted octanol–water partition coefficient (Wildman–Crippen LogP) is 3.16. The van der Waals surface area contributed by atoms with Crippen LogP contribution in [0.5, 0.6) is 0 Å². The molecule has 0 atom stereocenters. The zero-order valence-corrected chi connectivity index (χ0v) is 18.1. The zero-order valence-electron chi connectivity index (χ0n) is 18.1. The normalized spacial score (nSPS) is 13.6. The third-order valence-electron chi connectivity index (χ3n) is 5.04. The van der Waals surface area contributed by atoms with Crippen LogP contribution in [0.2, 0.25) is 0 Å². The van der Waals surface area contributed by atoms with Crippen molar-refractivity contribution < 1.29 is 24.0 Å². The van der Waals surface area contributed by atoms with Gasteiger partial charge in [-0.25, -0.2) is 4.79 Å². The quantitative estimate of drug-likeness (QED) is 0.408. The highest BCUT2D eigenvalue weighted by atomic mass is 16.6. The van der Waals surface area contributed by atoms with E-state index in [-0.39, 0.29) is 11.6 Å². The van der Waals surface area contributed by atoms with E-state index in [1.807, 2.05) is 0 Å². The van der Waals surface area contributed by atoms with Crippen molar-refractivity contribution in [2.24, 2.45) is 0 Å². The molecule has 0 bridgehead atoms. The topological polar surface area (TPSA) is 122 Å². The van der Waals surface area contributed by atoms with E-state index in [0.717, 1.165) is 0 Å². The molecule has 1 N–H and O–H groups in total. The highest BCUT2D eigenvalue weighted by Gasteiger charge is 2.26. The smallest absolute Gasteiger partial charge is 0.409 e. The SMILES string of the molecule is CCOC(=O)N1CCN(C(=O)c2ccccc2NC(=O)/C=C/c2ccc([N+](=O)[O-])cc2)CC1. The molecule has 0 spiro atoms. The first-order valence-corrected chi connectivity index (χ1v) is 10.4. The van der Waals surface area contributed by atoms with Gasteiger partial charge in [0, 0.05) is 44.4 Å². The number of hydrogen-bond donors (Lipinski definition) is 1. The summed E-state index contributed by atoms with van der Waals surface area (Å²) in [7, 11) is 0. The maximum atomic E-state index is 13.0. The van der Waals surface area contributed by atoms with Crippen molar-refractivity contribution in [1.82, 2.24) is 9.80 Å². The summed E-state index contributed by atoms with van der Waals surface area (Å²) in [6.07, 6.45) is 2.43. The summed E-state index contributed by atoms with van der Waals surface area (Å²) < 4.78 is 5.00. The molecule has 2 aromatic rings. The Hall–Kier alpha value is -4.21. The Morgan fingerprint density at radius 1 is 1.03 bits per heavy atom. The van der Waals surface area contributed by atoms with Gasteiger partial charge in [-0.2, -0.15) is 0 Å². The lowest BCUT2D eigenvalue weighted by Crippen LogP contribution is -2.50. The van der Waals surface area contributed by atoms with Crippen molar-refractivity contribution >= 4 is 35.4 Å². The molecule has 3 rings (SSSR count). The number of nitro groups is 1. The molecule has 1 heterocycles. The molecule has 0 radical (unpaired) electrons. The molecule has 0 saturated carbocycles. The maximum absolute atomic E-state index is 13.0. The molecule has 1 aliphatic heterocycles. The number of nitrogens with zero attached hydrogens (tertiary/aromatic N) is 3. The van der Waals surface area contributed by atoms with Crippen molar-refractivity contribution in [2.45, 2.75) is 6.92 Å². The fraction of sp³-hybridized carbons (Fsp3) is 0.261. The first-order chi connectivity index (χ1) is 15.9. The average molecular weight is 452 g/mol. The highest BCUT2D eigenvalue weighted by molar-refractivity contribution is 6.07. The van der Waals surface area contributed by atoms with Gasteiger partial charge in [-0.05, 0) is 42.8 Å². The number of benzene rings is 2. The summed E-state index contributed by atoms with van der Waals surface area (Å²) in [5.74, 6) is -0.686. The van der Waals surface area contributed by atoms with Crippen LogP contribution in [0.3, 0.4) is 0 Å². The van der Waals surface area contributed by atoms with Crippen LogP contribution in [0.15, 0.2) is 54.6 Å². The van der Waals surface area contributed by atoms with Gasteiger partial charge in [0.25, 0.3) is 11.6 Å². The summed E-state index contributed by atoms with van der Waals surface area (Å²) in [6.45, 7) is 3.50.